The number of hydrogen-bond acceptors (Lipinski definition) is 6. The van der Waals surface area contributed by atoms with Crippen LogP contribution in [0.2, 0.25) is 0 Å². The highest BCUT2D eigenvalue weighted by Gasteiger charge is 2.18. The van der Waals surface area contributed by atoms with E-state index < -0.39 is 49.3 Å². The first-order valence-corrected chi connectivity index (χ1v) is 8.15. The molecule has 0 atom stereocenters. The van der Waals surface area contributed by atoms with E-state index in [1.807, 2.05) is 0 Å². The number of carbonyl (C=O) groups is 1. The minimum Gasteiger partial charge on any atom is -0.481 e. The van der Waals surface area contributed by atoms with Crippen LogP contribution in [0.5, 0.6) is 0 Å². The smallest absolute Gasteiger partial charge is 0.304 e. The van der Waals surface area contributed by atoms with Gasteiger partial charge in [-0.3, -0.25) is 4.79 Å². The maximum absolute atomic E-state index is 11.2. The Balaban J connectivity index is 4.24. The molecule has 0 heterocycles. The Hall–Kier alpha value is -0.670. The van der Waals surface area contributed by atoms with Crippen molar-refractivity contribution >= 4 is 25.6 Å². The number of sulfone groups is 2. The lowest BCUT2D eigenvalue weighted by atomic mass is 10.5. The molecule has 0 aliphatic carbocycles. The lowest BCUT2D eigenvalue weighted by molar-refractivity contribution is -0.136. The predicted molar refractivity (Wildman–Crippen MR) is 58.6 cm³/mol. The fourth-order valence-electron chi connectivity index (χ4n) is 0.880. The monoisotopic (exact) mass is 273 g/mol. The van der Waals surface area contributed by atoms with Crippen molar-refractivity contribution in [3.8, 4) is 0 Å². The van der Waals surface area contributed by atoms with Crippen molar-refractivity contribution in [3.05, 3.63) is 0 Å². The maximum atomic E-state index is 11.2. The van der Waals surface area contributed by atoms with Crippen molar-refractivity contribution in [2.24, 2.45) is 5.73 Å². The largest absolute Gasteiger partial charge is 0.481 e. The third kappa shape index (κ3) is 7.60. The van der Waals surface area contributed by atoms with Gasteiger partial charge in [-0.05, 0) is 0 Å². The first-order valence-electron chi connectivity index (χ1n) is 4.51. The van der Waals surface area contributed by atoms with E-state index >= 15 is 0 Å². The molecule has 0 aromatic rings. The first-order chi connectivity index (χ1) is 7.18. The van der Waals surface area contributed by atoms with Gasteiger partial charge in [-0.2, -0.15) is 0 Å². The fourth-order valence-corrected chi connectivity index (χ4v) is 4.16. The molecule has 0 rings (SSSR count). The molecule has 9 heteroatoms. The minimum atomic E-state index is -3.63. The predicted octanol–water partition coefficient (Wildman–Crippen LogP) is -1.75. The highest BCUT2D eigenvalue weighted by Crippen LogP contribution is 1.98. The summed E-state index contributed by atoms with van der Waals surface area (Å²) in [7, 11) is -7.08. The summed E-state index contributed by atoms with van der Waals surface area (Å²) in [4.78, 5) is 10.2. The molecule has 16 heavy (non-hydrogen) atoms. The number of aliphatic carboxylic acids is 1. The van der Waals surface area contributed by atoms with Crippen LogP contribution >= 0.6 is 0 Å². The van der Waals surface area contributed by atoms with Crippen LogP contribution in [-0.2, 0) is 24.5 Å². The molecule has 0 radical (unpaired) electrons. The molecule has 0 aliphatic heterocycles. The van der Waals surface area contributed by atoms with Gasteiger partial charge in [-0.15, -0.1) is 0 Å². The molecule has 3 N–H and O–H groups in total. The fraction of sp³-hybridized carbons (Fsp3) is 0.857. The molecule has 0 fully saturated rings. The molecule has 0 bridgehead atoms. The molecule has 96 valence electrons. The van der Waals surface area contributed by atoms with Crippen molar-refractivity contribution in [1.29, 1.82) is 0 Å². The Bertz CT molecular complexity index is 424. The quantitative estimate of drug-likeness (QED) is 0.536. The van der Waals surface area contributed by atoms with Gasteiger partial charge >= 0.3 is 5.97 Å². The van der Waals surface area contributed by atoms with Gasteiger partial charge in [0.05, 0.1) is 29.4 Å². The molecule has 0 saturated carbocycles. The number of carboxylic acids is 1. The SMILES string of the molecule is NCCS(=O)(=O)CCS(=O)(=O)CCC(=O)O. The topological polar surface area (TPSA) is 132 Å². The molecular formula is C7H15NO6S2. The van der Waals surface area contributed by atoms with Crippen LogP contribution in [0.3, 0.4) is 0 Å². The van der Waals surface area contributed by atoms with Crippen molar-refractivity contribution in [1.82, 2.24) is 0 Å². The second kappa shape index (κ2) is 6.16. The zero-order valence-corrected chi connectivity index (χ0v) is 10.3. The van der Waals surface area contributed by atoms with E-state index in [0.717, 1.165) is 0 Å². The summed E-state index contributed by atoms with van der Waals surface area (Å²) in [6.45, 7) is -0.0580. The van der Waals surface area contributed by atoms with Gasteiger partial charge < -0.3 is 10.8 Å². The van der Waals surface area contributed by atoms with E-state index in [1.165, 1.54) is 0 Å². The van der Waals surface area contributed by atoms with Gasteiger partial charge in [0.25, 0.3) is 0 Å². The number of nitrogens with two attached hydrogens (primary N) is 1. The lowest BCUT2D eigenvalue weighted by Gasteiger charge is -2.03. The summed E-state index contributed by atoms with van der Waals surface area (Å²) < 4.78 is 44.8. The van der Waals surface area contributed by atoms with Gasteiger partial charge in [-0.25, -0.2) is 16.8 Å². The molecular weight excluding hydrogens is 258 g/mol. The molecule has 7 nitrogen and oxygen atoms in total. The highest BCUT2D eigenvalue weighted by atomic mass is 32.2. The Morgan fingerprint density at radius 3 is 1.75 bits per heavy atom. The number of rotatable bonds is 8. The summed E-state index contributed by atoms with van der Waals surface area (Å²) in [6.07, 6.45) is -0.515. The molecule has 0 unspecified atom stereocenters. The third-order valence-electron chi connectivity index (χ3n) is 1.76. The Labute approximate surface area is 94.5 Å². The summed E-state index contributed by atoms with van der Waals surface area (Å²) in [6, 6.07) is 0. The van der Waals surface area contributed by atoms with Crippen LogP contribution in [0, 0.1) is 0 Å². The van der Waals surface area contributed by atoms with Gasteiger partial charge in [-0.1, -0.05) is 0 Å². The Morgan fingerprint density at radius 2 is 1.38 bits per heavy atom. The molecule has 0 aliphatic rings. The first kappa shape index (κ1) is 15.3. The summed E-state index contributed by atoms with van der Waals surface area (Å²) in [5, 5.41) is 8.29. The van der Waals surface area contributed by atoms with Crippen molar-refractivity contribution in [2.45, 2.75) is 6.42 Å². The summed E-state index contributed by atoms with van der Waals surface area (Å²) >= 11 is 0. The molecule has 0 amide bonds. The van der Waals surface area contributed by atoms with E-state index in [-0.39, 0.29) is 12.3 Å². The molecule has 0 spiro atoms. The second-order valence-electron chi connectivity index (χ2n) is 3.24. The average molecular weight is 273 g/mol. The maximum Gasteiger partial charge on any atom is 0.304 e. The number of hydrogen-bond donors (Lipinski definition) is 2. The van der Waals surface area contributed by atoms with Crippen LogP contribution in [0.15, 0.2) is 0 Å². The van der Waals surface area contributed by atoms with Crippen LogP contribution in [0.25, 0.3) is 0 Å². The zero-order valence-electron chi connectivity index (χ0n) is 8.62. The van der Waals surface area contributed by atoms with Gasteiger partial charge in [0.2, 0.25) is 0 Å². The van der Waals surface area contributed by atoms with Crippen LogP contribution < -0.4 is 5.73 Å². The van der Waals surface area contributed by atoms with Crippen LogP contribution in [0.4, 0.5) is 0 Å². The zero-order chi connectivity index (χ0) is 12.8. The Kier molecular flexibility index (Phi) is 5.90. The van der Waals surface area contributed by atoms with Crippen molar-refractivity contribution in [2.75, 3.05) is 29.6 Å². The van der Waals surface area contributed by atoms with Crippen molar-refractivity contribution in [3.63, 3.8) is 0 Å². The summed E-state index contributed by atoms with van der Waals surface area (Å²) in [5.74, 6) is -3.09. The van der Waals surface area contributed by atoms with E-state index in [1.54, 1.807) is 0 Å². The Morgan fingerprint density at radius 1 is 0.938 bits per heavy atom. The molecule has 0 saturated heterocycles. The van der Waals surface area contributed by atoms with Gasteiger partial charge in [0.15, 0.2) is 19.7 Å². The van der Waals surface area contributed by atoms with Gasteiger partial charge in [0.1, 0.15) is 0 Å². The van der Waals surface area contributed by atoms with E-state index in [2.05, 4.69) is 0 Å². The van der Waals surface area contributed by atoms with Crippen LogP contribution in [-0.4, -0.2) is 57.5 Å². The minimum absolute atomic E-state index is 0.0580. The standard InChI is InChI=1S/C7H15NO6S2/c8-2-4-16(13,14)6-5-15(11,12)3-1-7(9)10/h1-6,8H2,(H,9,10). The van der Waals surface area contributed by atoms with E-state index in [0.29, 0.717) is 0 Å². The van der Waals surface area contributed by atoms with Gasteiger partial charge in [0, 0.05) is 6.54 Å². The van der Waals surface area contributed by atoms with Crippen LogP contribution in [0.1, 0.15) is 6.42 Å². The van der Waals surface area contributed by atoms with Crippen molar-refractivity contribution < 1.29 is 26.7 Å². The second-order valence-corrected chi connectivity index (χ2v) is 7.84. The normalized spacial score (nSPS) is 12.6. The van der Waals surface area contributed by atoms with E-state index in [4.69, 9.17) is 10.8 Å². The lowest BCUT2D eigenvalue weighted by Crippen LogP contribution is -2.25. The molecule has 0 aromatic heterocycles. The highest BCUT2D eigenvalue weighted by molar-refractivity contribution is 7.95. The third-order valence-corrected chi connectivity index (χ3v) is 5.36. The average Bonchev–Trinajstić information content (AvgIpc) is 2.13. The van der Waals surface area contributed by atoms with E-state index in [9.17, 15) is 21.6 Å². The number of carboxylic acid groups (broad SMARTS) is 1. The summed E-state index contributed by atoms with van der Waals surface area (Å²) in [5.41, 5.74) is 5.05. The molecule has 0 aromatic carbocycles.